The van der Waals surface area contributed by atoms with E-state index in [4.69, 9.17) is 0 Å². The van der Waals surface area contributed by atoms with E-state index in [0.29, 0.717) is 25.6 Å². The summed E-state index contributed by atoms with van der Waals surface area (Å²) in [5, 5.41) is 6.87. The van der Waals surface area contributed by atoms with Crippen LogP contribution in [-0.4, -0.2) is 74.5 Å². The molecule has 0 aromatic heterocycles. The molecule has 0 aliphatic carbocycles. The first kappa shape index (κ1) is 22.9. The van der Waals surface area contributed by atoms with Gasteiger partial charge in [0, 0.05) is 44.8 Å². The summed E-state index contributed by atoms with van der Waals surface area (Å²) in [6.45, 7) is 4.72. The molecule has 2 aliphatic heterocycles. The second kappa shape index (κ2) is 11.6. The molecule has 30 heavy (non-hydrogen) atoms. The molecule has 0 saturated carbocycles. The Kier molecular flexibility index (Phi) is 8.81. The number of hydrogen-bond donors (Lipinski definition) is 2. The standard InChI is InChI=1S/C22H34F3N5/c1-26-22(28-19-8-12-30(13-9-19)16-21(24)25)27-14-17-6-10-29(11-7-17)15-18-4-2-3-5-20(18)23/h2-5,17,19,21H,6-16H2,1H3,(H2,26,27,28). The maximum atomic E-state index is 13.8. The highest BCUT2D eigenvalue weighted by Crippen LogP contribution is 2.19. The zero-order valence-corrected chi connectivity index (χ0v) is 17.8. The molecule has 0 spiro atoms. The fraction of sp³-hybridized carbons (Fsp3) is 0.682. The highest BCUT2D eigenvalue weighted by molar-refractivity contribution is 5.79. The van der Waals surface area contributed by atoms with Gasteiger partial charge in [-0.15, -0.1) is 0 Å². The van der Waals surface area contributed by atoms with E-state index in [1.54, 1.807) is 13.1 Å². The molecule has 0 atom stereocenters. The molecule has 2 N–H and O–H groups in total. The smallest absolute Gasteiger partial charge is 0.251 e. The number of rotatable bonds is 7. The van der Waals surface area contributed by atoms with Crippen molar-refractivity contribution in [3.63, 3.8) is 0 Å². The van der Waals surface area contributed by atoms with Crippen molar-refractivity contribution in [3.8, 4) is 0 Å². The van der Waals surface area contributed by atoms with Crippen LogP contribution in [0, 0.1) is 11.7 Å². The molecule has 0 bridgehead atoms. The number of piperidine rings is 2. The van der Waals surface area contributed by atoms with E-state index >= 15 is 0 Å². The summed E-state index contributed by atoms with van der Waals surface area (Å²) < 4.78 is 38.9. The number of likely N-dealkylation sites (tertiary alicyclic amines) is 2. The number of halogens is 3. The van der Waals surface area contributed by atoms with E-state index in [1.807, 2.05) is 17.0 Å². The molecular formula is C22H34F3N5. The lowest BCUT2D eigenvalue weighted by Crippen LogP contribution is -2.50. The lowest BCUT2D eigenvalue weighted by atomic mass is 9.96. The summed E-state index contributed by atoms with van der Waals surface area (Å²) in [6.07, 6.45) is 1.58. The van der Waals surface area contributed by atoms with Gasteiger partial charge >= 0.3 is 0 Å². The molecule has 2 fully saturated rings. The second-order valence-electron chi connectivity index (χ2n) is 8.37. The zero-order valence-electron chi connectivity index (χ0n) is 17.8. The molecular weight excluding hydrogens is 391 g/mol. The average molecular weight is 426 g/mol. The van der Waals surface area contributed by atoms with Crippen LogP contribution in [0.2, 0.25) is 0 Å². The molecule has 2 heterocycles. The number of hydrogen-bond acceptors (Lipinski definition) is 3. The SMILES string of the molecule is CN=C(NCC1CCN(Cc2ccccc2F)CC1)NC1CCN(CC(F)F)CC1. The van der Waals surface area contributed by atoms with Crippen LogP contribution >= 0.6 is 0 Å². The minimum Gasteiger partial charge on any atom is -0.356 e. The van der Waals surface area contributed by atoms with Gasteiger partial charge in [-0.25, -0.2) is 13.2 Å². The number of alkyl halides is 2. The molecule has 5 nitrogen and oxygen atoms in total. The Balaban J connectivity index is 1.34. The predicted molar refractivity (Wildman–Crippen MR) is 114 cm³/mol. The van der Waals surface area contributed by atoms with Gasteiger partial charge in [-0.2, -0.15) is 0 Å². The van der Waals surface area contributed by atoms with Gasteiger partial charge < -0.3 is 10.6 Å². The molecule has 1 aromatic carbocycles. The maximum absolute atomic E-state index is 13.8. The van der Waals surface area contributed by atoms with E-state index in [2.05, 4.69) is 20.5 Å². The Morgan fingerprint density at radius 2 is 1.73 bits per heavy atom. The summed E-state index contributed by atoms with van der Waals surface area (Å²) in [6, 6.07) is 7.26. The van der Waals surface area contributed by atoms with Crippen molar-refractivity contribution in [2.45, 2.75) is 44.7 Å². The van der Waals surface area contributed by atoms with E-state index in [9.17, 15) is 13.2 Å². The highest BCUT2D eigenvalue weighted by atomic mass is 19.3. The topological polar surface area (TPSA) is 42.9 Å². The third kappa shape index (κ3) is 7.16. The van der Waals surface area contributed by atoms with E-state index in [-0.39, 0.29) is 18.4 Å². The molecule has 1 aromatic rings. The van der Waals surface area contributed by atoms with Crippen LogP contribution < -0.4 is 10.6 Å². The van der Waals surface area contributed by atoms with Gasteiger partial charge in [0.05, 0.1) is 6.54 Å². The number of nitrogens with one attached hydrogen (secondary N) is 2. The van der Waals surface area contributed by atoms with Gasteiger partial charge in [0.1, 0.15) is 5.82 Å². The largest absolute Gasteiger partial charge is 0.356 e. The van der Waals surface area contributed by atoms with Gasteiger partial charge in [0.25, 0.3) is 6.43 Å². The van der Waals surface area contributed by atoms with E-state index < -0.39 is 6.43 Å². The predicted octanol–water partition coefficient (Wildman–Crippen LogP) is 2.93. The van der Waals surface area contributed by atoms with Crippen LogP contribution in [0.1, 0.15) is 31.2 Å². The lowest BCUT2D eigenvalue weighted by Gasteiger charge is -2.34. The zero-order chi connectivity index (χ0) is 21.3. The van der Waals surface area contributed by atoms with Gasteiger partial charge in [0.2, 0.25) is 0 Å². The summed E-state index contributed by atoms with van der Waals surface area (Å²) in [7, 11) is 1.76. The molecule has 0 unspecified atom stereocenters. The molecule has 2 aliphatic rings. The third-order valence-corrected chi connectivity index (χ3v) is 6.17. The Morgan fingerprint density at radius 1 is 1.07 bits per heavy atom. The Morgan fingerprint density at radius 3 is 2.37 bits per heavy atom. The maximum Gasteiger partial charge on any atom is 0.251 e. The Bertz CT molecular complexity index is 668. The first-order valence-electron chi connectivity index (χ1n) is 11.0. The summed E-state index contributed by atoms with van der Waals surface area (Å²) in [5.74, 6) is 1.22. The van der Waals surface area contributed by atoms with Gasteiger partial charge in [0.15, 0.2) is 5.96 Å². The van der Waals surface area contributed by atoms with Gasteiger partial charge in [-0.3, -0.25) is 14.8 Å². The highest BCUT2D eigenvalue weighted by Gasteiger charge is 2.23. The summed E-state index contributed by atoms with van der Waals surface area (Å²) in [5.41, 5.74) is 0.762. The fourth-order valence-corrected chi connectivity index (χ4v) is 4.30. The first-order valence-corrected chi connectivity index (χ1v) is 11.0. The molecule has 3 rings (SSSR count). The molecule has 8 heteroatoms. The van der Waals surface area contributed by atoms with Crippen LogP contribution in [0.25, 0.3) is 0 Å². The minimum atomic E-state index is -2.26. The van der Waals surface area contributed by atoms with Crippen LogP contribution in [0.3, 0.4) is 0 Å². The van der Waals surface area contributed by atoms with E-state index in [0.717, 1.165) is 56.8 Å². The van der Waals surface area contributed by atoms with Crippen LogP contribution in [-0.2, 0) is 6.54 Å². The Labute approximate surface area is 177 Å². The van der Waals surface area contributed by atoms with Crippen LogP contribution in [0.5, 0.6) is 0 Å². The monoisotopic (exact) mass is 425 g/mol. The van der Waals surface area contributed by atoms with Crippen molar-refractivity contribution >= 4 is 5.96 Å². The molecule has 2 saturated heterocycles. The van der Waals surface area contributed by atoms with Crippen molar-refractivity contribution in [3.05, 3.63) is 35.6 Å². The van der Waals surface area contributed by atoms with Crippen molar-refractivity contribution in [2.24, 2.45) is 10.9 Å². The van der Waals surface area contributed by atoms with Crippen molar-refractivity contribution in [2.75, 3.05) is 46.3 Å². The van der Waals surface area contributed by atoms with Crippen LogP contribution in [0.4, 0.5) is 13.2 Å². The third-order valence-electron chi connectivity index (χ3n) is 6.17. The lowest BCUT2D eigenvalue weighted by molar-refractivity contribution is 0.0744. The first-order chi connectivity index (χ1) is 14.5. The number of benzene rings is 1. The van der Waals surface area contributed by atoms with Crippen molar-refractivity contribution in [1.29, 1.82) is 0 Å². The van der Waals surface area contributed by atoms with E-state index in [1.165, 1.54) is 6.07 Å². The quantitative estimate of drug-likeness (QED) is 0.521. The molecule has 0 radical (unpaired) electrons. The summed E-state index contributed by atoms with van der Waals surface area (Å²) >= 11 is 0. The molecule has 0 amide bonds. The molecule has 168 valence electrons. The van der Waals surface area contributed by atoms with Gasteiger partial charge in [-0.1, -0.05) is 18.2 Å². The second-order valence-corrected chi connectivity index (χ2v) is 8.37. The Hall–Kier alpha value is -1.80. The number of aliphatic imine (C=N–C) groups is 1. The number of nitrogens with zero attached hydrogens (tertiary/aromatic N) is 3. The average Bonchev–Trinajstić information content (AvgIpc) is 2.74. The fourth-order valence-electron chi connectivity index (χ4n) is 4.30. The normalized spacial score (nSPS) is 20.6. The van der Waals surface area contributed by atoms with Crippen molar-refractivity contribution in [1.82, 2.24) is 20.4 Å². The summed E-state index contributed by atoms with van der Waals surface area (Å²) in [4.78, 5) is 8.47. The van der Waals surface area contributed by atoms with Crippen LogP contribution in [0.15, 0.2) is 29.3 Å². The van der Waals surface area contributed by atoms with Gasteiger partial charge in [-0.05, 0) is 50.8 Å². The number of guanidine groups is 1. The minimum absolute atomic E-state index is 0.129. The van der Waals surface area contributed by atoms with Crippen molar-refractivity contribution < 1.29 is 13.2 Å².